The summed E-state index contributed by atoms with van der Waals surface area (Å²) in [5.74, 6) is -1.55. The lowest BCUT2D eigenvalue weighted by atomic mass is 9.89. The third-order valence-corrected chi connectivity index (χ3v) is 5.69. The first kappa shape index (κ1) is 25.2. The molecule has 0 unspecified atom stereocenters. The predicted molar refractivity (Wildman–Crippen MR) is 119 cm³/mol. The van der Waals surface area contributed by atoms with Crippen molar-refractivity contribution in [2.45, 2.75) is 45.1 Å². The Balaban J connectivity index is 2.18. The standard InChI is InChI=1S/C24H27F3N2O5/c1-5-34-23(31)28(14-16-9-7-6-8-10-16)18-11-15(2)29(22(30)24(25,26)27)19-13-21(33-4)20(32-3)12-17(18)19/h6-10,12-13,15,18H,5,11,14H2,1-4H3/t15-,18+/m1/s1. The second-order valence-corrected chi connectivity index (χ2v) is 7.85. The first-order valence-electron chi connectivity index (χ1n) is 10.8. The van der Waals surface area contributed by atoms with Crippen LogP contribution < -0.4 is 14.4 Å². The van der Waals surface area contributed by atoms with Crippen molar-refractivity contribution in [3.05, 3.63) is 53.6 Å². The molecule has 7 nitrogen and oxygen atoms in total. The highest BCUT2D eigenvalue weighted by molar-refractivity contribution is 5.99. The van der Waals surface area contributed by atoms with E-state index in [-0.39, 0.29) is 36.8 Å². The number of benzene rings is 2. The molecule has 0 N–H and O–H groups in total. The number of amides is 2. The maximum atomic E-state index is 13.5. The van der Waals surface area contributed by atoms with Crippen LogP contribution in [0.3, 0.4) is 0 Å². The van der Waals surface area contributed by atoms with Crippen molar-refractivity contribution in [3.63, 3.8) is 0 Å². The topological polar surface area (TPSA) is 68.3 Å². The molecule has 0 fully saturated rings. The summed E-state index contributed by atoms with van der Waals surface area (Å²) < 4.78 is 56.3. The molecule has 2 aromatic rings. The molecule has 0 spiro atoms. The monoisotopic (exact) mass is 480 g/mol. The summed E-state index contributed by atoms with van der Waals surface area (Å²) in [5, 5.41) is 0. The molecular weight excluding hydrogens is 453 g/mol. The largest absolute Gasteiger partial charge is 0.493 e. The minimum atomic E-state index is -5.07. The molecule has 184 valence electrons. The molecule has 0 saturated carbocycles. The lowest BCUT2D eigenvalue weighted by Crippen LogP contribution is -2.51. The van der Waals surface area contributed by atoms with Crippen molar-refractivity contribution < 1.29 is 37.0 Å². The summed E-state index contributed by atoms with van der Waals surface area (Å²) in [7, 11) is 2.75. The lowest BCUT2D eigenvalue weighted by Gasteiger charge is -2.43. The zero-order chi connectivity index (χ0) is 25.0. The molecule has 1 aliphatic heterocycles. The number of carbonyl (C=O) groups excluding carboxylic acids is 2. The summed E-state index contributed by atoms with van der Waals surface area (Å²) in [4.78, 5) is 27.6. The lowest BCUT2D eigenvalue weighted by molar-refractivity contribution is -0.171. The second kappa shape index (κ2) is 10.2. The minimum absolute atomic E-state index is 0.00563. The van der Waals surface area contributed by atoms with Gasteiger partial charge in [-0.2, -0.15) is 13.2 Å². The van der Waals surface area contributed by atoms with Crippen LogP contribution in [0.15, 0.2) is 42.5 Å². The summed E-state index contributed by atoms with van der Waals surface area (Å²) >= 11 is 0. The van der Waals surface area contributed by atoms with Gasteiger partial charge in [-0.05, 0) is 31.9 Å². The Hall–Kier alpha value is -3.43. The fraction of sp³-hybridized carbons (Fsp3) is 0.417. The van der Waals surface area contributed by atoms with Crippen molar-refractivity contribution in [1.82, 2.24) is 4.90 Å². The molecule has 1 aliphatic rings. The highest BCUT2D eigenvalue weighted by Gasteiger charge is 2.48. The van der Waals surface area contributed by atoms with Crippen molar-refractivity contribution in [2.24, 2.45) is 0 Å². The Morgan fingerprint density at radius 3 is 2.26 bits per heavy atom. The normalized spacial score (nSPS) is 17.6. The van der Waals surface area contributed by atoms with Gasteiger partial charge in [0.05, 0.1) is 32.6 Å². The maximum Gasteiger partial charge on any atom is 0.471 e. The maximum absolute atomic E-state index is 13.5. The second-order valence-electron chi connectivity index (χ2n) is 7.85. The van der Waals surface area contributed by atoms with E-state index in [1.807, 2.05) is 30.3 Å². The van der Waals surface area contributed by atoms with Gasteiger partial charge in [0.2, 0.25) is 0 Å². The molecule has 2 amide bonds. The van der Waals surface area contributed by atoms with Crippen molar-refractivity contribution in [3.8, 4) is 11.5 Å². The van der Waals surface area contributed by atoms with Gasteiger partial charge in [0, 0.05) is 24.2 Å². The zero-order valence-corrected chi connectivity index (χ0v) is 19.4. The third kappa shape index (κ3) is 5.05. The molecule has 0 bridgehead atoms. The molecule has 1 heterocycles. The van der Waals surface area contributed by atoms with E-state index in [0.717, 1.165) is 5.56 Å². The average molecular weight is 480 g/mol. The molecule has 0 radical (unpaired) electrons. The number of carbonyl (C=O) groups is 2. The number of alkyl halides is 3. The first-order valence-corrected chi connectivity index (χ1v) is 10.8. The van der Waals surface area contributed by atoms with Crippen LogP contribution in [0, 0.1) is 0 Å². The SMILES string of the molecule is CCOC(=O)N(Cc1ccccc1)[C@H]1C[C@@H](C)N(C(=O)C(F)(F)F)c2cc(OC)c(OC)cc21. The van der Waals surface area contributed by atoms with Crippen LogP contribution >= 0.6 is 0 Å². The van der Waals surface area contributed by atoms with Gasteiger partial charge in [-0.3, -0.25) is 9.69 Å². The van der Waals surface area contributed by atoms with Crippen LogP contribution in [0.1, 0.15) is 37.4 Å². The van der Waals surface area contributed by atoms with Gasteiger partial charge in [-0.15, -0.1) is 0 Å². The number of fused-ring (bicyclic) bond motifs is 1. The Kier molecular flexibility index (Phi) is 7.58. The Bertz CT molecular complexity index is 1030. The minimum Gasteiger partial charge on any atom is -0.493 e. The smallest absolute Gasteiger partial charge is 0.471 e. The number of hydrogen-bond donors (Lipinski definition) is 0. The van der Waals surface area contributed by atoms with E-state index in [2.05, 4.69) is 0 Å². The highest BCUT2D eigenvalue weighted by Crippen LogP contribution is 2.47. The van der Waals surface area contributed by atoms with Crippen LogP contribution in [-0.2, 0) is 16.1 Å². The van der Waals surface area contributed by atoms with Gasteiger partial charge in [0.25, 0.3) is 0 Å². The van der Waals surface area contributed by atoms with Gasteiger partial charge in [-0.1, -0.05) is 30.3 Å². The molecule has 2 aromatic carbocycles. The molecule has 2 atom stereocenters. The number of anilines is 1. The molecular formula is C24H27F3N2O5. The van der Waals surface area contributed by atoms with Gasteiger partial charge in [0.15, 0.2) is 11.5 Å². The van der Waals surface area contributed by atoms with E-state index in [0.29, 0.717) is 10.5 Å². The van der Waals surface area contributed by atoms with Crippen LogP contribution in [0.4, 0.5) is 23.7 Å². The van der Waals surface area contributed by atoms with E-state index < -0.39 is 30.3 Å². The average Bonchev–Trinajstić information content (AvgIpc) is 2.81. The number of nitrogens with zero attached hydrogens (tertiary/aromatic N) is 2. The van der Waals surface area contributed by atoms with E-state index in [9.17, 15) is 22.8 Å². The fourth-order valence-corrected chi connectivity index (χ4v) is 4.18. The Morgan fingerprint density at radius 1 is 1.09 bits per heavy atom. The Labute approximate surface area is 196 Å². The van der Waals surface area contributed by atoms with Crippen molar-refractivity contribution in [1.29, 1.82) is 0 Å². The quantitative estimate of drug-likeness (QED) is 0.576. The molecule has 0 saturated heterocycles. The number of hydrogen-bond acceptors (Lipinski definition) is 5. The first-order chi connectivity index (χ1) is 16.1. The summed E-state index contributed by atoms with van der Waals surface area (Å²) in [5.41, 5.74) is 1.16. The molecule has 34 heavy (non-hydrogen) atoms. The van der Waals surface area contributed by atoms with Crippen LogP contribution in [0.5, 0.6) is 11.5 Å². The predicted octanol–water partition coefficient (Wildman–Crippen LogP) is 5.09. The molecule has 0 aliphatic carbocycles. The van der Waals surface area contributed by atoms with E-state index >= 15 is 0 Å². The van der Waals surface area contributed by atoms with Crippen LogP contribution in [0.2, 0.25) is 0 Å². The number of methoxy groups -OCH3 is 2. The third-order valence-electron chi connectivity index (χ3n) is 5.69. The van der Waals surface area contributed by atoms with Crippen LogP contribution in [-0.4, -0.2) is 49.9 Å². The molecule has 10 heteroatoms. The van der Waals surface area contributed by atoms with Crippen LogP contribution in [0.25, 0.3) is 0 Å². The van der Waals surface area contributed by atoms with E-state index in [4.69, 9.17) is 14.2 Å². The molecule has 3 rings (SSSR count). The number of rotatable bonds is 6. The van der Waals surface area contributed by atoms with E-state index in [1.54, 1.807) is 6.92 Å². The van der Waals surface area contributed by atoms with Crippen molar-refractivity contribution in [2.75, 3.05) is 25.7 Å². The summed E-state index contributed by atoms with van der Waals surface area (Å²) in [6.07, 6.45) is -5.62. The Morgan fingerprint density at radius 2 is 1.71 bits per heavy atom. The van der Waals surface area contributed by atoms with E-state index in [1.165, 1.54) is 38.2 Å². The summed E-state index contributed by atoms with van der Waals surface area (Å²) in [6, 6.07) is 10.5. The van der Waals surface area contributed by atoms with Gasteiger partial charge in [-0.25, -0.2) is 4.79 Å². The van der Waals surface area contributed by atoms with Gasteiger partial charge in [0.1, 0.15) is 0 Å². The van der Waals surface area contributed by atoms with Gasteiger partial charge < -0.3 is 19.1 Å². The van der Waals surface area contributed by atoms with Gasteiger partial charge >= 0.3 is 18.2 Å². The number of ether oxygens (including phenoxy) is 3. The fourth-order valence-electron chi connectivity index (χ4n) is 4.18. The number of halogens is 3. The zero-order valence-electron chi connectivity index (χ0n) is 19.4. The van der Waals surface area contributed by atoms with Crippen molar-refractivity contribution >= 4 is 17.7 Å². The highest BCUT2D eigenvalue weighted by atomic mass is 19.4. The summed E-state index contributed by atoms with van der Waals surface area (Å²) in [6.45, 7) is 3.48. The molecule has 0 aromatic heterocycles.